The van der Waals surface area contributed by atoms with Gasteiger partial charge in [-0.25, -0.2) is 23.1 Å². The van der Waals surface area contributed by atoms with Crippen LogP contribution >= 0.6 is 28.1 Å². The molecule has 12 heteroatoms. The summed E-state index contributed by atoms with van der Waals surface area (Å²) in [5, 5.41) is 10.8. The molecule has 168 valence electrons. The maximum atomic E-state index is 12.5. The standard InChI is InChI=1S/C21H18BrN7O2S2/c22-16-12-25-29(14-16)13-15-3-1-4-18(11-15)27-21(32)26-17-5-7-19(8-6-17)33(30,31)28-20-23-9-2-10-24-20/h1-12,14H,13H2,(H,23,24,28)(H2,26,27,32). The van der Waals surface area contributed by atoms with E-state index in [1.165, 1.54) is 24.5 Å². The van der Waals surface area contributed by atoms with Crippen molar-refractivity contribution in [3.63, 3.8) is 0 Å². The average molecular weight is 544 g/mol. The van der Waals surface area contributed by atoms with E-state index in [1.807, 2.05) is 35.1 Å². The molecule has 2 aromatic carbocycles. The molecule has 2 aromatic heterocycles. The summed E-state index contributed by atoms with van der Waals surface area (Å²) in [5.41, 5.74) is 2.52. The molecule has 33 heavy (non-hydrogen) atoms. The molecule has 0 aliphatic rings. The largest absolute Gasteiger partial charge is 0.332 e. The van der Waals surface area contributed by atoms with Crippen LogP contribution in [0.4, 0.5) is 17.3 Å². The van der Waals surface area contributed by atoms with E-state index in [0.29, 0.717) is 17.3 Å². The molecule has 3 N–H and O–H groups in total. The highest BCUT2D eigenvalue weighted by molar-refractivity contribution is 9.10. The Morgan fingerprint density at radius 2 is 1.73 bits per heavy atom. The molecule has 9 nitrogen and oxygen atoms in total. The number of rotatable bonds is 7. The minimum absolute atomic E-state index is 0.00695. The summed E-state index contributed by atoms with van der Waals surface area (Å²) in [6.07, 6.45) is 6.55. The van der Waals surface area contributed by atoms with Crippen LogP contribution in [0.2, 0.25) is 0 Å². The quantitative estimate of drug-likeness (QED) is 0.298. The van der Waals surface area contributed by atoms with Crippen LogP contribution in [0.5, 0.6) is 0 Å². The summed E-state index contributed by atoms with van der Waals surface area (Å²) in [7, 11) is -3.80. The molecule has 0 atom stereocenters. The molecule has 4 aromatic rings. The van der Waals surface area contributed by atoms with E-state index in [0.717, 1.165) is 15.7 Å². The fraction of sp³-hybridized carbons (Fsp3) is 0.0476. The van der Waals surface area contributed by atoms with Crippen molar-refractivity contribution in [3.8, 4) is 0 Å². The Kier molecular flexibility index (Phi) is 6.96. The van der Waals surface area contributed by atoms with E-state index in [1.54, 1.807) is 24.4 Å². The number of nitrogens with zero attached hydrogens (tertiary/aromatic N) is 4. The summed E-state index contributed by atoms with van der Waals surface area (Å²) < 4.78 is 30.0. The van der Waals surface area contributed by atoms with Crippen molar-refractivity contribution in [2.45, 2.75) is 11.4 Å². The molecular weight excluding hydrogens is 526 g/mol. The van der Waals surface area contributed by atoms with Gasteiger partial charge in [0.05, 0.1) is 22.1 Å². The van der Waals surface area contributed by atoms with Gasteiger partial charge in [0.25, 0.3) is 10.0 Å². The maximum Gasteiger partial charge on any atom is 0.264 e. The Bertz CT molecular complexity index is 1360. The summed E-state index contributed by atoms with van der Waals surface area (Å²) in [5.74, 6) is 0.00695. The third kappa shape index (κ3) is 6.34. The van der Waals surface area contributed by atoms with Gasteiger partial charge >= 0.3 is 0 Å². The average Bonchev–Trinajstić information content (AvgIpc) is 3.19. The minimum Gasteiger partial charge on any atom is -0.332 e. The molecule has 0 aliphatic heterocycles. The number of nitrogens with one attached hydrogen (secondary N) is 3. The van der Waals surface area contributed by atoms with Gasteiger partial charge in [-0.1, -0.05) is 12.1 Å². The predicted octanol–water partition coefficient (Wildman–Crippen LogP) is 4.09. The van der Waals surface area contributed by atoms with Crippen LogP contribution in [0.1, 0.15) is 5.56 Å². The molecule has 2 heterocycles. The molecule has 0 unspecified atom stereocenters. The summed E-state index contributed by atoms with van der Waals surface area (Å²) in [6, 6.07) is 15.6. The number of benzene rings is 2. The molecule has 0 amide bonds. The Hall–Kier alpha value is -3.35. The molecule has 0 aliphatic carbocycles. The van der Waals surface area contributed by atoms with Crippen LogP contribution in [-0.2, 0) is 16.6 Å². The van der Waals surface area contributed by atoms with Crippen molar-refractivity contribution in [3.05, 3.63) is 89.4 Å². The second-order valence-corrected chi connectivity index (χ2v) is 9.84. The van der Waals surface area contributed by atoms with Gasteiger partial charge in [0.15, 0.2) is 5.11 Å². The molecule has 0 bridgehead atoms. The highest BCUT2D eigenvalue weighted by Gasteiger charge is 2.15. The topological polar surface area (TPSA) is 114 Å². The van der Waals surface area contributed by atoms with Gasteiger partial charge in [0.2, 0.25) is 5.95 Å². The monoisotopic (exact) mass is 543 g/mol. The van der Waals surface area contributed by atoms with Gasteiger partial charge in [-0.2, -0.15) is 5.10 Å². The van der Waals surface area contributed by atoms with E-state index < -0.39 is 10.0 Å². The Labute approximate surface area is 204 Å². The van der Waals surface area contributed by atoms with E-state index in [9.17, 15) is 8.42 Å². The number of hydrogen-bond donors (Lipinski definition) is 3. The second-order valence-electron chi connectivity index (χ2n) is 6.84. The predicted molar refractivity (Wildman–Crippen MR) is 135 cm³/mol. The summed E-state index contributed by atoms with van der Waals surface area (Å²) in [6.45, 7) is 0.624. The molecule has 0 spiro atoms. The SMILES string of the molecule is O=S(=O)(Nc1ncccn1)c1ccc(NC(=S)Nc2cccc(Cn3cc(Br)cn3)c2)cc1. The van der Waals surface area contributed by atoms with Crippen LogP contribution in [-0.4, -0.2) is 33.3 Å². The smallest absolute Gasteiger partial charge is 0.264 e. The van der Waals surface area contributed by atoms with Crippen LogP contribution in [0.3, 0.4) is 0 Å². The van der Waals surface area contributed by atoms with Gasteiger partial charge in [-0.15, -0.1) is 0 Å². The number of halogens is 1. The highest BCUT2D eigenvalue weighted by Crippen LogP contribution is 2.18. The van der Waals surface area contributed by atoms with Gasteiger partial charge in [-0.3, -0.25) is 4.68 Å². The lowest BCUT2D eigenvalue weighted by molar-refractivity contribution is 0.601. The lowest BCUT2D eigenvalue weighted by Gasteiger charge is -2.12. The first-order chi connectivity index (χ1) is 15.9. The third-order valence-electron chi connectivity index (χ3n) is 4.35. The highest BCUT2D eigenvalue weighted by atomic mass is 79.9. The second kappa shape index (κ2) is 10.1. The third-order valence-corrected chi connectivity index (χ3v) is 6.30. The van der Waals surface area contributed by atoms with Crippen LogP contribution in [0.25, 0.3) is 0 Å². The minimum atomic E-state index is -3.80. The first-order valence-electron chi connectivity index (χ1n) is 9.62. The first-order valence-corrected chi connectivity index (χ1v) is 12.3. The fourth-order valence-electron chi connectivity index (χ4n) is 2.90. The zero-order valence-electron chi connectivity index (χ0n) is 17.0. The normalized spacial score (nSPS) is 11.1. The molecular formula is C21H18BrN7O2S2. The lowest BCUT2D eigenvalue weighted by atomic mass is 10.2. The van der Waals surface area contributed by atoms with E-state index in [4.69, 9.17) is 12.2 Å². The zero-order chi connectivity index (χ0) is 23.3. The zero-order valence-corrected chi connectivity index (χ0v) is 20.2. The first kappa shape index (κ1) is 22.8. The number of sulfonamides is 1. The van der Waals surface area contributed by atoms with Gasteiger partial charge < -0.3 is 10.6 Å². The van der Waals surface area contributed by atoms with Crippen molar-refractivity contribution in [1.82, 2.24) is 19.7 Å². The maximum absolute atomic E-state index is 12.5. The molecule has 0 radical (unpaired) electrons. The van der Waals surface area contributed by atoms with Crippen molar-refractivity contribution >= 4 is 60.6 Å². The van der Waals surface area contributed by atoms with Crippen molar-refractivity contribution in [1.29, 1.82) is 0 Å². The van der Waals surface area contributed by atoms with E-state index >= 15 is 0 Å². The Morgan fingerprint density at radius 3 is 2.42 bits per heavy atom. The molecule has 0 saturated heterocycles. The van der Waals surface area contributed by atoms with Gasteiger partial charge in [0.1, 0.15) is 0 Å². The van der Waals surface area contributed by atoms with Crippen molar-refractivity contribution in [2.24, 2.45) is 0 Å². The van der Waals surface area contributed by atoms with Crippen LogP contribution < -0.4 is 15.4 Å². The molecule has 0 fully saturated rings. The van der Waals surface area contributed by atoms with E-state index in [2.05, 4.69) is 46.4 Å². The van der Waals surface area contributed by atoms with Crippen LogP contribution in [0, 0.1) is 0 Å². The van der Waals surface area contributed by atoms with Crippen molar-refractivity contribution < 1.29 is 8.42 Å². The number of anilines is 3. The number of hydrogen-bond acceptors (Lipinski definition) is 6. The molecule has 0 saturated carbocycles. The Balaban J connectivity index is 1.36. The number of aromatic nitrogens is 4. The van der Waals surface area contributed by atoms with Crippen LogP contribution in [0.15, 0.2) is 88.8 Å². The van der Waals surface area contributed by atoms with E-state index in [-0.39, 0.29) is 10.8 Å². The Morgan fingerprint density at radius 1 is 1.00 bits per heavy atom. The summed E-state index contributed by atoms with van der Waals surface area (Å²) >= 11 is 8.78. The van der Waals surface area contributed by atoms with Gasteiger partial charge in [-0.05, 0) is 76.2 Å². The fourth-order valence-corrected chi connectivity index (χ4v) is 4.42. The van der Waals surface area contributed by atoms with Gasteiger partial charge in [0, 0.05) is 30.0 Å². The van der Waals surface area contributed by atoms with Crippen molar-refractivity contribution in [2.75, 3.05) is 15.4 Å². The molecule has 4 rings (SSSR count). The lowest BCUT2D eigenvalue weighted by Crippen LogP contribution is -2.19. The summed E-state index contributed by atoms with van der Waals surface area (Å²) in [4.78, 5) is 7.82. The number of thiocarbonyl (C=S) groups is 1.